The number of ether oxygens (including phenoxy) is 3. The summed E-state index contributed by atoms with van der Waals surface area (Å²) in [6.45, 7) is 3.17. The van der Waals surface area contributed by atoms with Gasteiger partial charge < -0.3 is 29.7 Å². The lowest BCUT2D eigenvalue weighted by Crippen LogP contribution is -2.47. The summed E-state index contributed by atoms with van der Waals surface area (Å²) in [6.07, 6.45) is 3.59. The zero-order valence-corrected chi connectivity index (χ0v) is 18.0. The van der Waals surface area contributed by atoms with E-state index < -0.39 is 0 Å². The molecule has 1 aliphatic heterocycles. The van der Waals surface area contributed by atoms with Gasteiger partial charge in [0.25, 0.3) is 0 Å². The number of methoxy groups -OCH3 is 2. The SMILES string of the molecule is COc1cc(Cl)c(Oc2cc(N)nc(N3CCN(c4ccncc4)CC3)n2)cc1OC. The van der Waals surface area contributed by atoms with Crippen LogP contribution in [0.25, 0.3) is 0 Å². The van der Waals surface area contributed by atoms with Crippen molar-refractivity contribution in [2.75, 3.05) is 55.9 Å². The van der Waals surface area contributed by atoms with Crippen molar-refractivity contribution < 1.29 is 14.2 Å². The van der Waals surface area contributed by atoms with Crippen molar-refractivity contribution in [1.82, 2.24) is 15.0 Å². The van der Waals surface area contributed by atoms with E-state index in [1.165, 1.54) is 0 Å². The van der Waals surface area contributed by atoms with Gasteiger partial charge in [0, 0.05) is 62.5 Å². The van der Waals surface area contributed by atoms with Gasteiger partial charge in [-0.3, -0.25) is 4.98 Å². The van der Waals surface area contributed by atoms with Crippen LogP contribution in [0.3, 0.4) is 0 Å². The quantitative estimate of drug-likeness (QED) is 0.616. The van der Waals surface area contributed by atoms with Crippen molar-refractivity contribution in [3.63, 3.8) is 0 Å². The Morgan fingerprint density at radius 1 is 0.871 bits per heavy atom. The monoisotopic (exact) mass is 442 g/mol. The highest BCUT2D eigenvalue weighted by atomic mass is 35.5. The Morgan fingerprint density at radius 3 is 2.19 bits per heavy atom. The number of hydrogen-bond donors (Lipinski definition) is 1. The first-order chi connectivity index (χ1) is 15.1. The van der Waals surface area contributed by atoms with E-state index in [1.54, 1.807) is 44.8 Å². The van der Waals surface area contributed by atoms with E-state index in [-0.39, 0.29) is 0 Å². The molecule has 0 radical (unpaired) electrons. The number of nitrogen functional groups attached to an aromatic ring is 1. The third-order valence-electron chi connectivity index (χ3n) is 4.95. The first-order valence-corrected chi connectivity index (χ1v) is 10.1. The molecule has 9 nitrogen and oxygen atoms in total. The van der Waals surface area contributed by atoms with Crippen molar-refractivity contribution in [2.24, 2.45) is 0 Å². The third-order valence-corrected chi connectivity index (χ3v) is 5.25. The number of nitrogens with two attached hydrogens (primary N) is 1. The number of rotatable bonds is 6. The molecule has 0 atom stereocenters. The molecule has 4 rings (SSSR count). The Hall–Kier alpha value is -3.46. The standard InChI is InChI=1S/C21H23ClN6O3/c1-29-17-11-15(22)16(12-18(17)30-2)31-20-13-19(23)25-21(26-20)28-9-7-27(8-10-28)14-3-5-24-6-4-14/h3-6,11-13H,7-10H2,1-2H3,(H2,23,25,26). The molecular weight excluding hydrogens is 420 g/mol. The fraction of sp³-hybridized carbons (Fsp3) is 0.286. The van der Waals surface area contributed by atoms with E-state index in [0.717, 1.165) is 31.9 Å². The summed E-state index contributed by atoms with van der Waals surface area (Å²) in [7, 11) is 3.09. The van der Waals surface area contributed by atoms with E-state index >= 15 is 0 Å². The summed E-state index contributed by atoms with van der Waals surface area (Å²) in [4.78, 5) is 17.4. The second-order valence-electron chi connectivity index (χ2n) is 6.85. The maximum Gasteiger partial charge on any atom is 0.230 e. The fourth-order valence-electron chi connectivity index (χ4n) is 3.37. The van der Waals surface area contributed by atoms with Gasteiger partial charge >= 0.3 is 0 Å². The van der Waals surface area contributed by atoms with Gasteiger partial charge in [-0.15, -0.1) is 0 Å². The molecule has 31 heavy (non-hydrogen) atoms. The lowest BCUT2D eigenvalue weighted by atomic mass is 10.3. The maximum absolute atomic E-state index is 6.33. The van der Waals surface area contributed by atoms with Gasteiger partial charge in [0.05, 0.1) is 19.2 Å². The summed E-state index contributed by atoms with van der Waals surface area (Å²) in [5, 5.41) is 0.363. The number of hydrogen-bond acceptors (Lipinski definition) is 9. The minimum atomic E-state index is 0.299. The number of nitrogens with zero attached hydrogens (tertiary/aromatic N) is 5. The molecule has 1 fully saturated rings. The molecule has 0 saturated carbocycles. The van der Waals surface area contributed by atoms with Gasteiger partial charge in [0.2, 0.25) is 11.8 Å². The highest BCUT2D eigenvalue weighted by molar-refractivity contribution is 6.32. The van der Waals surface area contributed by atoms with Crippen LogP contribution in [0.4, 0.5) is 17.5 Å². The van der Waals surface area contributed by atoms with Crippen LogP contribution >= 0.6 is 11.6 Å². The number of benzene rings is 1. The molecule has 0 bridgehead atoms. The lowest BCUT2D eigenvalue weighted by molar-refractivity contribution is 0.351. The summed E-state index contributed by atoms with van der Waals surface area (Å²) in [6, 6.07) is 8.84. The van der Waals surface area contributed by atoms with E-state index in [4.69, 9.17) is 31.5 Å². The first-order valence-electron chi connectivity index (χ1n) is 9.71. The Morgan fingerprint density at radius 2 is 1.52 bits per heavy atom. The van der Waals surface area contributed by atoms with Crippen LogP contribution in [-0.2, 0) is 0 Å². The Labute approximate surface area is 185 Å². The van der Waals surface area contributed by atoms with Gasteiger partial charge in [0.1, 0.15) is 5.82 Å². The number of aromatic nitrogens is 3. The normalized spacial score (nSPS) is 13.8. The van der Waals surface area contributed by atoms with E-state index in [9.17, 15) is 0 Å². The van der Waals surface area contributed by atoms with Crippen molar-refractivity contribution in [2.45, 2.75) is 0 Å². The molecule has 0 unspecified atom stereocenters. The average molecular weight is 443 g/mol. The third kappa shape index (κ3) is 4.66. The van der Waals surface area contributed by atoms with Crippen molar-refractivity contribution >= 4 is 29.1 Å². The topological polar surface area (TPSA) is 98.9 Å². The Balaban J connectivity index is 1.51. The highest BCUT2D eigenvalue weighted by Crippen LogP contribution is 2.39. The maximum atomic E-state index is 6.33. The molecule has 1 aliphatic rings. The van der Waals surface area contributed by atoms with Crippen molar-refractivity contribution in [3.05, 3.63) is 47.7 Å². The van der Waals surface area contributed by atoms with Gasteiger partial charge in [-0.1, -0.05) is 11.6 Å². The zero-order chi connectivity index (χ0) is 21.8. The summed E-state index contributed by atoms with van der Waals surface area (Å²) >= 11 is 6.33. The molecular formula is C21H23ClN6O3. The van der Waals surface area contributed by atoms with Crippen LogP contribution in [0.2, 0.25) is 5.02 Å². The molecule has 1 saturated heterocycles. The van der Waals surface area contributed by atoms with Gasteiger partial charge in [-0.05, 0) is 12.1 Å². The number of pyridine rings is 1. The van der Waals surface area contributed by atoms with Crippen LogP contribution in [-0.4, -0.2) is 55.4 Å². The number of anilines is 3. The Bertz CT molecular complexity index is 1040. The van der Waals surface area contributed by atoms with E-state index in [1.807, 2.05) is 12.1 Å². The summed E-state index contributed by atoms with van der Waals surface area (Å²) in [5.74, 6) is 2.51. The number of halogens is 1. The molecule has 3 aromatic rings. The van der Waals surface area contributed by atoms with Crippen LogP contribution in [0.1, 0.15) is 0 Å². The van der Waals surface area contributed by atoms with E-state index in [0.29, 0.717) is 39.9 Å². The van der Waals surface area contributed by atoms with E-state index in [2.05, 4.69) is 24.8 Å². The molecule has 10 heteroatoms. The molecule has 0 spiro atoms. The first kappa shape index (κ1) is 20.8. The second-order valence-corrected chi connectivity index (χ2v) is 7.26. The van der Waals surface area contributed by atoms with Crippen molar-refractivity contribution in [3.8, 4) is 23.1 Å². The summed E-state index contributed by atoms with van der Waals surface area (Å²) in [5.41, 5.74) is 7.17. The minimum Gasteiger partial charge on any atom is -0.493 e. The second kappa shape index (κ2) is 9.13. The largest absolute Gasteiger partial charge is 0.493 e. The molecule has 2 N–H and O–H groups in total. The van der Waals surface area contributed by atoms with Gasteiger partial charge in [-0.25, -0.2) is 0 Å². The molecule has 162 valence electrons. The highest BCUT2D eigenvalue weighted by Gasteiger charge is 2.21. The Kier molecular flexibility index (Phi) is 6.13. The lowest BCUT2D eigenvalue weighted by Gasteiger charge is -2.36. The average Bonchev–Trinajstić information content (AvgIpc) is 2.80. The molecule has 0 aliphatic carbocycles. The molecule has 2 aromatic heterocycles. The summed E-state index contributed by atoms with van der Waals surface area (Å²) < 4.78 is 16.5. The van der Waals surface area contributed by atoms with Crippen LogP contribution in [0, 0.1) is 0 Å². The number of piperazine rings is 1. The predicted octanol–water partition coefficient (Wildman–Crippen LogP) is 3.24. The molecule has 0 amide bonds. The van der Waals surface area contributed by atoms with Gasteiger partial charge in [0.15, 0.2) is 17.2 Å². The van der Waals surface area contributed by atoms with Crippen LogP contribution in [0.5, 0.6) is 23.1 Å². The zero-order valence-electron chi connectivity index (χ0n) is 17.3. The van der Waals surface area contributed by atoms with Crippen LogP contribution < -0.4 is 29.7 Å². The van der Waals surface area contributed by atoms with Gasteiger partial charge in [-0.2, -0.15) is 9.97 Å². The predicted molar refractivity (Wildman–Crippen MR) is 120 cm³/mol. The minimum absolute atomic E-state index is 0.299. The smallest absolute Gasteiger partial charge is 0.230 e. The molecule has 3 heterocycles. The van der Waals surface area contributed by atoms with Crippen molar-refractivity contribution in [1.29, 1.82) is 0 Å². The molecule has 1 aromatic carbocycles. The fourth-order valence-corrected chi connectivity index (χ4v) is 3.56. The van der Waals surface area contributed by atoms with Crippen LogP contribution in [0.15, 0.2) is 42.7 Å².